The molecule has 0 heterocycles. The van der Waals surface area contributed by atoms with Crippen LogP contribution in [-0.2, 0) is 11.2 Å². The quantitative estimate of drug-likeness (QED) is 0.607. The highest BCUT2D eigenvalue weighted by Gasteiger charge is 2.18. The van der Waals surface area contributed by atoms with Crippen LogP contribution in [0.2, 0.25) is 0 Å². The third kappa shape index (κ3) is 5.22. The SMILES string of the molecule is CCCOC(CCc1ccccc1)C(CC)CC. The van der Waals surface area contributed by atoms with Crippen molar-refractivity contribution in [3.63, 3.8) is 0 Å². The maximum absolute atomic E-state index is 6.06. The number of hydrogen-bond acceptors (Lipinski definition) is 1. The van der Waals surface area contributed by atoms with E-state index in [1.807, 2.05) is 0 Å². The van der Waals surface area contributed by atoms with Gasteiger partial charge in [-0.15, -0.1) is 0 Å². The molecule has 1 atom stereocenters. The van der Waals surface area contributed by atoms with Gasteiger partial charge in [-0.2, -0.15) is 0 Å². The van der Waals surface area contributed by atoms with E-state index in [0.717, 1.165) is 25.9 Å². The van der Waals surface area contributed by atoms with E-state index < -0.39 is 0 Å². The van der Waals surface area contributed by atoms with Gasteiger partial charge in [0.2, 0.25) is 0 Å². The first-order valence-corrected chi connectivity index (χ1v) is 7.47. The van der Waals surface area contributed by atoms with Crippen LogP contribution in [0.25, 0.3) is 0 Å². The van der Waals surface area contributed by atoms with Gasteiger partial charge in [0.25, 0.3) is 0 Å². The molecule has 0 bridgehead atoms. The van der Waals surface area contributed by atoms with Crippen molar-refractivity contribution >= 4 is 0 Å². The van der Waals surface area contributed by atoms with Gasteiger partial charge in [0.05, 0.1) is 6.10 Å². The minimum Gasteiger partial charge on any atom is -0.378 e. The summed E-state index contributed by atoms with van der Waals surface area (Å²) in [5.74, 6) is 0.709. The van der Waals surface area contributed by atoms with Crippen molar-refractivity contribution in [1.82, 2.24) is 0 Å². The number of rotatable bonds is 9. The monoisotopic (exact) mass is 248 g/mol. The standard InChI is InChI=1S/C17H28O/c1-4-14-18-17(16(5-2)6-3)13-12-15-10-8-7-9-11-15/h7-11,16-17H,4-6,12-14H2,1-3H3. The Hall–Kier alpha value is -0.820. The van der Waals surface area contributed by atoms with Crippen molar-refractivity contribution in [3.8, 4) is 0 Å². The Bertz CT molecular complexity index is 290. The first kappa shape index (κ1) is 15.2. The molecule has 0 spiro atoms. The molecule has 1 aromatic rings. The molecule has 18 heavy (non-hydrogen) atoms. The average molecular weight is 248 g/mol. The van der Waals surface area contributed by atoms with Crippen LogP contribution in [0.3, 0.4) is 0 Å². The van der Waals surface area contributed by atoms with Crippen LogP contribution in [0.5, 0.6) is 0 Å². The number of ether oxygens (including phenoxy) is 1. The van der Waals surface area contributed by atoms with Gasteiger partial charge < -0.3 is 4.74 Å². The molecule has 0 aliphatic heterocycles. The van der Waals surface area contributed by atoms with Gasteiger partial charge >= 0.3 is 0 Å². The van der Waals surface area contributed by atoms with Crippen LogP contribution >= 0.6 is 0 Å². The van der Waals surface area contributed by atoms with Crippen molar-refractivity contribution in [1.29, 1.82) is 0 Å². The molecular formula is C17H28O. The number of aryl methyl sites for hydroxylation is 1. The van der Waals surface area contributed by atoms with Crippen molar-refractivity contribution in [3.05, 3.63) is 35.9 Å². The highest BCUT2D eigenvalue weighted by molar-refractivity contribution is 5.14. The highest BCUT2D eigenvalue weighted by Crippen LogP contribution is 2.21. The van der Waals surface area contributed by atoms with Crippen molar-refractivity contribution in [2.75, 3.05) is 6.61 Å². The van der Waals surface area contributed by atoms with Gasteiger partial charge in [0, 0.05) is 6.61 Å². The normalized spacial score (nSPS) is 12.9. The first-order valence-electron chi connectivity index (χ1n) is 7.47. The second-order valence-corrected chi connectivity index (χ2v) is 5.01. The lowest BCUT2D eigenvalue weighted by atomic mass is 9.92. The predicted octanol–water partition coefficient (Wildman–Crippen LogP) is 4.85. The molecule has 0 radical (unpaired) electrons. The summed E-state index contributed by atoms with van der Waals surface area (Å²) >= 11 is 0. The molecule has 0 N–H and O–H groups in total. The van der Waals surface area contributed by atoms with Crippen LogP contribution in [0.15, 0.2) is 30.3 Å². The number of hydrogen-bond donors (Lipinski definition) is 0. The maximum atomic E-state index is 6.06. The Labute approximate surface area is 113 Å². The molecule has 0 aromatic heterocycles. The fourth-order valence-corrected chi connectivity index (χ4v) is 2.49. The van der Waals surface area contributed by atoms with E-state index in [2.05, 4.69) is 51.1 Å². The van der Waals surface area contributed by atoms with Gasteiger partial charge in [-0.3, -0.25) is 0 Å². The van der Waals surface area contributed by atoms with E-state index in [0.29, 0.717) is 12.0 Å². The van der Waals surface area contributed by atoms with E-state index in [9.17, 15) is 0 Å². The van der Waals surface area contributed by atoms with E-state index in [-0.39, 0.29) is 0 Å². The van der Waals surface area contributed by atoms with E-state index in [4.69, 9.17) is 4.74 Å². The lowest BCUT2D eigenvalue weighted by molar-refractivity contribution is 0.00460. The molecule has 0 amide bonds. The van der Waals surface area contributed by atoms with E-state index >= 15 is 0 Å². The fraction of sp³-hybridized carbons (Fsp3) is 0.647. The molecule has 0 aliphatic carbocycles. The van der Waals surface area contributed by atoms with Gasteiger partial charge in [-0.1, -0.05) is 63.9 Å². The molecule has 1 unspecified atom stereocenters. The molecule has 0 saturated heterocycles. The highest BCUT2D eigenvalue weighted by atomic mass is 16.5. The van der Waals surface area contributed by atoms with Crippen molar-refractivity contribution < 1.29 is 4.74 Å². The Morgan fingerprint density at radius 2 is 1.67 bits per heavy atom. The Balaban J connectivity index is 2.49. The van der Waals surface area contributed by atoms with Crippen LogP contribution < -0.4 is 0 Å². The summed E-state index contributed by atoms with van der Waals surface area (Å²) < 4.78 is 6.06. The van der Waals surface area contributed by atoms with Gasteiger partial charge in [-0.05, 0) is 30.7 Å². The first-order chi connectivity index (χ1) is 8.81. The lowest BCUT2D eigenvalue weighted by Crippen LogP contribution is -2.24. The Morgan fingerprint density at radius 3 is 2.22 bits per heavy atom. The van der Waals surface area contributed by atoms with Crippen LogP contribution in [0, 0.1) is 5.92 Å². The Morgan fingerprint density at radius 1 is 1.00 bits per heavy atom. The largest absolute Gasteiger partial charge is 0.378 e. The second-order valence-electron chi connectivity index (χ2n) is 5.01. The summed E-state index contributed by atoms with van der Waals surface area (Å²) in [7, 11) is 0. The molecule has 0 saturated carbocycles. The topological polar surface area (TPSA) is 9.23 Å². The smallest absolute Gasteiger partial charge is 0.0606 e. The van der Waals surface area contributed by atoms with Crippen molar-refractivity contribution in [2.45, 2.75) is 59.0 Å². The van der Waals surface area contributed by atoms with Gasteiger partial charge in [0.1, 0.15) is 0 Å². The minimum absolute atomic E-state index is 0.431. The van der Waals surface area contributed by atoms with Crippen LogP contribution in [0.1, 0.15) is 52.0 Å². The minimum atomic E-state index is 0.431. The van der Waals surface area contributed by atoms with Crippen LogP contribution in [0.4, 0.5) is 0 Å². The van der Waals surface area contributed by atoms with E-state index in [1.54, 1.807) is 0 Å². The summed E-state index contributed by atoms with van der Waals surface area (Å²) in [4.78, 5) is 0. The summed E-state index contributed by atoms with van der Waals surface area (Å²) in [5, 5.41) is 0. The van der Waals surface area contributed by atoms with Gasteiger partial charge in [0.15, 0.2) is 0 Å². The lowest BCUT2D eigenvalue weighted by Gasteiger charge is -2.25. The molecule has 1 heteroatoms. The molecule has 0 aliphatic rings. The number of benzene rings is 1. The summed E-state index contributed by atoms with van der Waals surface area (Å²) in [6.07, 6.45) is 6.27. The zero-order chi connectivity index (χ0) is 13.2. The molecule has 102 valence electrons. The predicted molar refractivity (Wildman–Crippen MR) is 78.9 cm³/mol. The molecule has 1 rings (SSSR count). The summed E-state index contributed by atoms with van der Waals surface area (Å²) in [6, 6.07) is 10.7. The summed E-state index contributed by atoms with van der Waals surface area (Å²) in [6.45, 7) is 7.63. The second kappa shape index (κ2) is 9.16. The van der Waals surface area contributed by atoms with Crippen molar-refractivity contribution in [2.24, 2.45) is 5.92 Å². The average Bonchev–Trinajstić information content (AvgIpc) is 2.43. The Kier molecular flexibility index (Phi) is 7.75. The maximum Gasteiger partial charge on any atom is 0.0606 e. The zero-order valence-electron chi connectivity index (χ0n) is 12.2. The van der Waals surface area contributed by atoms with Crippen LogP contribution in [-0.4, -0.2) is 12.7 Å². The molecular weight excluding hydrogens is 220 g/mol. The van der Waals surface area contributed by atoms with Gasteiger partial charge in [-0.25, -0.2) is 0 Å². The molecule has 1 aromatic carbocycles. The molecule has 1 nitrogen and oxygen atoms in total. The third-order valence-corrected chi connectivity index (χ3v) is 3.67. The third-order valence-electron chi connectivity index (χ3n) is 3.67. The molecule has 0 fully saturated rings. The summed E-state index contributed by atoms with van der Waals surface area (Å²) in [5.41, 5.74) is 1.42. The zero-order valence-corrected chi connectivity index (χ0v) is 12.2. The van der Waals surface area contributed by atoms with E-state index in [1.165, 1.54) is 18.4 Å². The fourth-order valence-electron chi connectivity index (χ4n) is 2.49.